The summed E-state index contributed by atoms with van der Waals surface area (Å²) in [5.74, 6) is 1.70. The molecule has 1 aromatic rings. The number of para-hydroxylation sites is 1. The monoisotopic (exact) mass is 411 g/mol. The van der Waals surface area contributed by atoms with Crippen LogP contribution >= 0.6 is 0 Å². The maximum atomic E-state index is 11.8. The molecule has 4 rings (SSSR count). The second-order valence-electron chi connectivity index (χ2n) is 11.7. The predicted octanol–water partition coefficient (Wildman–Crippen LogP) is 4.51. The summed E-state index contributed by atoms with van der Waals surface area (Å²) in [5.41, 5.74) is 3.84. The van der Waals surface area contributed by atoms with Gasteiger partial charge in [-0.25, -0.2) is 0 Å². The van der Waals surface area contributed by atoms with Crippen molar-refractivity contribution in [2.24, 2.45) is 22.7 Å². The average molecular weight is 412 g/mol. The Labute approximate surface area is 183 Å². The van der Waals surface area contributed by atoms with Gasteiger partial charge in [-0.15, -0.1) is 0 Å². The SMILES string of the molecule is CNC(=O)C1CC1CN1CCN(c2ccccc2C2CC(C)(C)CC(C)(C)C2)CC1. The van der Waals surface area contributed by atoms with Crippen molar-refractivity contribution in [2.45, 2.75) is 59.3 Å². The van der Waals surface area contributed by atoms with Gasteiger partial charge in [0.15, 0.2) is 0 Å². The van der Waals surface area contributed by atoms with E-state index >= 15 is 0 Å². The summed E-state index contributed by atoms with van der Waals surface area (Å²) < 4.78 is 0. The summed E-state index contributed by atoms with van der Waals surface area (Å²) in [7, 11) is 1.75. The third-order valence-corrected chi connectivity index (χ3v) is 7.64. The fourth-order valence-corrected chi connectivity index (χ4v) is 6.65. The fraction of sp³-hybridized carbons (Fsp3) is 0.731. The number of amides is 1. The molecule has 30 heavy (non-hydrogen) atoms. The molecule has 3 fully saturated rings. The molecule has 1 amide bonds. The van der Waals surface area contributed by atoms with Gasteiger partial charge in [0, 0.05) is 51.4 Å². The Morgan fingerprint density at radius 2 is 1.67 bits per heavy atom. The number of anilines is 1. The normalized spacial score (nSPS) is 28.9. The van der Waals surface area contributed by atoms with Crippen LogP contribution in [0.25, 0.3) is 0 Å². The van der Waals surface area contributed by atoms with Crippen LogP contribution in [0.5, 0.6) is 0 Å². The zero-order valence-electron chi connectivity index (χ0n) is 19.7. The van der Waals surface area contributed by atoms with E-state index in [0.717, 1.165) is 39.1 Å². The van der Waals surface area contributed by atoms with E-state index in [1.165, 1.54) is 24.9 Å². The maximum absolute atomic E-state index is 11.8. The fourth-order valence-electron chi connectivity index (χ4n) is 6.65. The van der Waals surface area contributed by atoms with E-state index in [1.54, 1.807) is 12.6 Å². The van der Waals surface area contributed by atoms with Gasteiger partial charge in [-0.3, -0.25) is 9.69 Å². The van der Waals surface area contributed by atoms with Crippen LogP contribution < -0.4 is 10.2 Å². The Morgan fingerprint density at radius 1 is 1.03 bits per heavy atom. The highest BCUT2D eigenvalue weighted by Gasteiger charge is 2.43. The average Bonchev–Trinajstić information content (AvgIpc) is 3.45. The van der Waals surface area contributed by atoms with Crippen molar-refractivity contribution in [2.75, 3.05) is 44.7 Å². The summed E-state index contributed by atoms with van der Waals surface area (Å²) >= 11 is 0. The van der Waals surface area contributed by atoms with Crippen molar-refractivity contribution in [3.05, 3.63) is 29.8 Å². The Balaban J connectivity index is 1.40. The Morgan fingerprint density at radius 3 is 2.30 bits per heavy atom. The zero-order valence-corrected chi connectivity index (χ0v) is 19.7. The van der Waals surface area contributed by atoms with Crippen LogP contribution in [0, 0.1) is 22.7 Å². The minimum Gasteiger partial charge on any atom is -0.369 e. The molecule has 1 aromatic carbocycles. The molecule has 0 spiro atoms. The van der Waals surface area contributed by atoms with Gasteiger partial charge < -0.3 is 10.2 Å². The largest absolute Gasteiger partial charge is 0.369 e. The van der Waals surface area contributed by atoms with Gasteiger partial charge in [-0.05, 0) is 60.0 Å². The zero-order chi connectivity index (χ0) is 21.5. The van der Waals surface area contributed by atoms with Gasteiger partial charge in [-0.1, -0.05) is 45.9 Å². The highest BCUT2D eigenvalue weighted by molar-refractivity contribution is 5.81. The smallest absolute Gasteiger partial charge is 0.223 e. The number of nitrogens with zero attached hydrogens (tertiary/aromatic N) is 2. The lowest BCUT2D eigenvalue weighted by molar-refractivity contribution is -0.122. The van der Waals surface area contributed by atoms with E-state index in [4.69, 9.17) is 0 Å². The number of nitrogens with one attached hydrogen (secondary N) is 1. The van der Waals surface area contributed by atoms with Gasteiger partial charge in [0.2, 0.25) is 5.91 Å². The molecule has 1 N–H and O–H groups in total. The molecule has 3 aliphatic rings. The lowest BCUT2D eigenvalue weighted by Crippen LogP contribution is -2.47. The topological polar surface area (TPSA) is 35.6 Å². The molecule has 4 heteroatoms. The quantitative estimate of drug-likeness (QED) is 0.774. The molecule has 0 bridgehead atoms. The van der Waals surface area contributed by atoms with E-state index in [1.807, 2.05) is 0 Å². The molecule has 4 nitrogen and oxygen atoms in total. The lowest BCUT2D eigenvalue weighted by Gasteiger charge is -2.46. The van der Waals surface area contributed by atoms with Crippen molar-refractivity contribution in [3.63, 3.8) is 0 Å². The van der Waals surface area contributed by atoms with Crippen LogP contribution in [0.4, 0.5) is 5.69 Å². The van der Waals surface area contributed by atoms with Gasteiger partial charge in [-0.2, -0.15) is 0 Å². The van der Waals surface area contributed by atoms with Crippen molar-refractivity contribution < 1.29 is 4.79 Å². The predicted molar refractivity (Wildman–Crippen MR) is 125 cm³/mol. The third kappa shape index (κ3) is 4.85. The first-order valence-electron chi connectivity index (χ1n) is 12.0. The van der Waals surface area contributed by atoms with Gasteiger partial charge in [0.25, 0.3) is 0 Å². The number of hydrogen-bond donors (Lipinski definition) is 1. The molecular formula is C26H41N3O. The van der Waals surface area contributed by atoms with Crippen molar-refractivity contribution >= 4 is 11.6 Å². The second-order valence-corrected chi connectivity index (χ2v) is 11.7. The molecule has 1 heterocycles. The second kappa shape index (κ2) is 8.18. The van der Waals surface area contributed by atoms with E-state index in [-0.39, 0.29) is 11.8 Å². The van der Waals surface area contributed by atoms with Crippen LogP contribution in [0.1, 0.15) is 64.9 Å². The summed E-state index contributed by atoms with van der Waals surface area (Å²) in [5, 5.41) is 2.81. The number of benzene rings is 1. The van der Waals surface area contributed by atoms with Crippen LogP contribution in [-0.4, -0.2) is 50.6 Å². The van der Waals surface area contributed by atoms with Gasteiger partial charge in [0.05, 0.1) is 0 Å². The number of piperazine rings is 1. The van der Waals surface area contributed by atoms with Crippen molar-refractivity contribution in [1.82, 2.24) is 10.2 Å². The minimum atomic E-state index is 0.228. The highest BCUT2D eigenvalue weighted by atomic mass is 16.1. The van der Waals surface area contributed by atoms with Crippen LogP contribution in [0.2, 0.25) is 0 Å². The molecule has 1 saturated heterocycles. The van der Waals surface area contributed by atoms with E-state index < -0.39 is 0 Å². The van der Waals surface area contributed by atoms with Gasteiger partial charge in [0.1, 0.15) is 0 Å². The molecule has 2 atom stereocenters. The van der Waals surface area contributed by atoms with Crippen LogP contribution in [0.3, 0.4) is 0 Å². The Kier molecular flexibility index (Phi) is 5.91. The Bertz CT molecular complexity index is 747. The van der Waals surface area contributed by atoms with E-state index in [9.17, 15) is 4.79 Å². The molecule has 2 saturated carbocycles. The molecule has 2 unspecified atom stereocenters. The highest BCUT2D eigenvalue weighted by Crippen LogP contribution is 2.53. The van der Waals surface area contributed by atoms with Crippen molar-refractivity contribution in [1.29, 1.82) is 0 Å². The number of hydrogen-bond acceptors (Lipinski definition) is 3. The van der Waals surface area contributed by atoms with Crippen molar-refractivity contribution in [3.8, 4) is 0 Å². The summed E-state index contributed by atoms with van der Waals surface area (Å²) in [6.07, 6.45) is 4.96. The van der Waals surface area contributed by atoms with E-state index in [0.29, 0.717) is 22.7 Å². The standard InChI is InChI=1S/C26H41N3O/c1-25(2)15-20(16-26(3,4)18-25)21-8-6-7-9-23(21)29-12-10-28(11-13-29)17-19-14-22(19)24(30)27-5/h6-9,19-20,22H,10-18H2,1-5H3,(H,27,30). The molecular weight excluding hydrogens is 370 g/mol. The molecule has 0 aromatic heterocycles. The first-order chi connectivity index (χ1) is 14.2. The number of carbonyl (C=O) groups is 1. The summed E-state index contributed by atoms with van der Waals surface area (Å²) in [6.45, 7) is 15.3. The summed E-state index contributed by atoms with van der Waals surface area (Å²) in [6, 6.07) is 9.18. The Hall–Kier alpha value is -1.55. The lowest BCUT2D eigenvalue weighted by atomic mass is 9.60. The molecule has 0 radical (unpaired) electrons. The number of carbonyl (C=O) groups excluding carboxylic acids is 1. The first-order valence-corrected chi connectivity index (χ1v) is 12.0. The molecule has 1 aliphatic heterocycles. The number of rotatable bonds is 5. The first kappa shape index (κ1) is 21.7. The van der Waals surface area contributed by atoms with Crippen LogP contribution in [-0.2, 0) is 4.79 Å². The molecule has 2 aliphatic carbocycles. The van der Waals surface area contributed by atoms with E-state index in [2.05, 4.69) is 67.1 Å². The maximum Gasteiger partial charge on any atom is 0.223 e. The minimum absolute atomic E-state index is 0.228. The summed E-state index contributed by atoms with van der Waals surface area (Å²) in [4.78, 5) is 17.0. The third-order valence-electron chi connectivity index (χ3n) is 7.64. The van der Waals surface area contributed by atoms with Gasteiger partial charge >= 0.3 is 0 Å². The van der Waals surface area contributed by atoms with Crippen LogP contribution in [0.15, 0.2) is 24.3 Å². The molecule has 166 valence electrons.